The van der Waals surface area contributed by atoms with E-state index in [-0.39, 0.29) is 0 Å². The van der Waals surface area contributed by atoms with Crippen molar-refractivity contribution >= 4 is 21.6 Å². The maximum Gasteiger partial charge on any atom is 0.103 e. The van der Waals surface area contributed by atoms with E-state index in [0.29, 0.717) is 11.5 Å². The minimum atomic E-state index is 0.557. The molecule has 3 heteroatoms. The third kappa shape index (κ3) is 2.24. The van der Waals surface area contributed by atoms with Gasteiger partial charge in [-0.2, -0.15) is 5.26 Å². The molecular weight excluding hydrogens is 300 g/mol. The molecule has 2 nitrogen and oxygen atoms in total. The molecule has 2 aromatic rings. The van der Waals surface area contributed by atoms with Gasteiger partial charge in [-0.1, -0.05) is 30.3 Å². The molecule has 1 unspecified atom stereocenters. The molecule has 3 rings (SSSR count). The first-order valence-corrected chi connectivity index (χ1v) is 7.09. The Morgan fingerprint density at radius 1 is 1.21 bits per heavy atom. The highest BCUT2D eigenvalue weighted by Gasteiger charge is 2.25. The summed E-state index contributed by atoms with van der Waals surface area (Å²) >= 11 is 3.41. The van der Waals surface area contributed by atoms with Gasteiger partial charge in [-0.3, -0.25) is 0 Å². The van der Waals surface area contributed by atoms with E-state index in [1.807, 2.05) is 18.2 Å². The van der Waals surface area contributed by atoms with Gasteiger partial charge in [0.2, 0.25) is 0 Å². The molecule has 0 aromatic heterocycles. The van der Waals surface area contributed by atoms with Crippen molar-refractivity contribution in [2.24, 2.45) is 0 Å². The lowest BCUT2D eigenvalue weighted by Gasteiger charge is -2.30. The molecule has 0 bridgehead atoms. The Hall–Kier alpha value is -1.79. The summed E-state index contributed by atoms with van der Waals surface area (Å²) in [4.78, 5) is 0. The van der Waals surface area contributed by atoms with Gasteiger partial charge in [0.1, 0.15) is 6.07 Å². The summed E-state index contributed by atoms with van der Waals surface area (Å²) in [6.07, 6.45) is 1.12. The predicted octanol–water partition coefficient (Wildman–Crippen LogP) is 4.07. The smallest absolute Gasteiger partial charge is 0.103 e. The molecule has 1 N–H and O–H groups in total. The van der Waals surface area contributed by atoms with Crippen LogP contribution in [-0.4, -0.2) is 6.54 Å². The van der Waals surface area contributed by atoms with Crippen LogP contribution in [-0.2, 0) is 6.42 Å². The van der Waals surface area contributed by atoms with Crippen LogP contribution in [0, 0.1) is 11.3 Å². The highest BCUT2D eigenvalue weighted by Crippen LogP contribution is 2.35. The monoisotopic (exact) mass is 312 g/mol. The normalized spacial score (nSPS) is 16.1. The van der Waals surface area contributed by atoms with Gasteiger partial charge in [-0.25, -0.2) is 0 Å². The van der Waals surface area contributed by atoms with E-state index < -0.39 is 0 Å². The highest BCUT2D eigenvalue weighted by molar-refractivity contribution is 9.10. The molecule has 1 atom stereocenters. The minimum absolute atomic E-state index is 0.557. The largest absolute Gasteiger partial charge is 0.383 e. The second-order valence-corrected chi connectivity index (χ2v) is 5.61. The first-order valence-electron chi connectivity index (χ1n) is 6.30. The number of halogens is 1. The third-order valence-corrected chi connectivity index (χ3v) is 4.29. The third-order valence-electron chi connectivity index (χ3n) is 3.63. The Morgan fingerprint density at radius 3 is 2.84 bits per heavy atom. The van der Waals surface area contributed by atoms with E-state index >= 15 is 0 Å². The Morgan fingerprint density at radius 2 is 2.05 bits per heavy atom. The Bertz CT molecular complexity index is 658. The quantitative estimate of drug-likeness (QED) is 0.927. The summed E-state index contributed by atoms with van der Waals surface area (Å²) in [7, 11) is 0. The molecular formula is C16H13BrN2. The van der Waals surface area contributed by atoms with Crippen molar-refractivity contribution in [2.45, 2.75) is 12.3 Å². The maximum atomic E-state index is 9.17. The van der Waals surface area contributed by atoms with Crippen molar-refractivity contribution in [3.05, 3.63) is 63.6 Å². The number of rotatable bonds is 3. The van der Waals surface area contributed by atoms with Gasteiger partial charge in [0.05, 0.1) is 11.3 Å². The molecule has 1 aliphatic carbocycles. The Balaban J connectivity index is 1.72. The molecule has 0 heterocycles. The van der Waals surface area contributed by atoms with Crippen LogP contribution >= 0.6 is 15.9 Å². The van der Waals surface area contributed by atoms with E-state index in [4.69, 9.17) is 0 Å². The van der Waals surface area contributed by atoms with Gasteiger partial charge in [-0.05, 0) is 45.6 Å². The number of hydrogen-bond donors (Lipinski definition) is 1. The van der Waals surface area contributed by atoms with E-state index in [0.717, 1.165) is 23.1 Å². The summed E-state index contributed by atoms with van der Waals surface area (Å²) in [6, 6.07) is 16.6. The lowest BCUT2D eigenvalue weighted by Crippen LogP contribution is -2.24. The number of benzene rings is 2. The molecule has 0 aliphatic heterocycles. The van der Waals surface area contributed by atoms with Gasteiger partial charge >= 0.3 is 0 Å². The number of hydrogen-bond acceptors (Lipinski definition) is 2. The molecule has 2 aromatic carbocycles. The van der Waals surface area contributed by atoms with Crippen LogP contribution in [0.5, 0.6) is 0 Å². The van der Waals surface area contributed by atoms with E-state index in [9.17, 15) is 5.26 Å². The summed E-state index contributed by atoms with van der Waals surface area (Å²) in [5.41, 5.74) is 4.46. The predicted molar refractivity (Wildman–Crippen MR) is 80.2 cm³/mol. The Labute approximate surface area is 121 Å². The van der Waals surface area contributed by atoms with Crippen LogP contribution < -0.4 is 5.32 Å². The van der Waals surface area contributed by atoms with Gasteiger partial charge in [-0.15, -0.1) is 0 Å². The number of anilines is 1. The van der Waals surface area contributed by atoms with Crippen molar-refractivity contribution < 1.29 is 0 Å². The molecule has 19 heavy (non-hydrogen) atoms. The maximum absolute atomic E-state index is 9.17. The van der Waals surface area contributed by atoms with Crippen molar-refractivity contribution in [3.63, 3.8) is 0 Å². The standard InChI is InChI=1S/C16H13BrN2/c17-15-6-3-7-16(14(15)9-18)19-10-12-8-11-4-1-2-5-13(11)12/h1-7,12,19H,8,10H2. The lowest BCUT2D eigenvalue weighted by atomic mass is 9.77. The fourth-order valence-electron chi connectivity index (χ4n) is 2.56. The number of nitriles is 1. The molecule has 0 amide bonds. The van der Waals surface area contributed by atoms with Crippen LogP contribution in [0.2, 0.25) is 0 Å². The topological polar surface area (TPSA) is 35.8 Å². The minimum Gasteiger partial charge on any atom is -0.383 e. The van der Waals surface area contributed by atoms with Crippen molar-refractivity contribution in [1.82, 2.24) is 0 Å². The fraction of sp³-hybridized carbons (Fsp3) is 0.188. The zero-order valence-electron chi connectivity index (χ0n) is 10.4. The fourth-order valence-corrected chi connectivity index (χ4v) is 3.02. The van der Waals surface area contributed by atoms with Crippen LogP contribution in [0.1, 0.15) is 22.6 Å². The first-order chi connectivity index (χ1) is 9.29. The lowest BCUT2D eigenvalue weighted by molar-refractivity contribution is 0.635. The summed E-state index contributed by atoms with van der Waals surface area (Å²) in [5, 5.41) is 12.6. The van der Waals surface area contributed by atoms with Crippen LogP contribution in [0.25, 0.3) is 0 Å². The summed E-state index contributed by atoms with van der Waals surface area (Å²) in [5.74, 6) is 0.557. The van der Waals surface area contributed by atoms with E-state index in [1.54, 1.807) is 0 Å². The van der Waals surface area contributed by atoms with Gasteiger partial charge < -0.3 is 5.32 Å². The van der Waals surface area contributed by atoms with Gasteiger partial charge in [0, 0.05) is 16.9 Å². The number of nitrogens with one attached hydrogen (secondary N) is 1. The van der Waals surface area contributed by atoms with Crippen LogP contribution in [0.15, 0.2) is 46.9 Å². The molecule has 1 aliphatic rings. The van der Waals surface area contributed by atoms with Crippen LogP contribution in [0.3, 0.4) is 0 Å². The zero-order chi connectivity index (χ0) is 13.2. The molecule has 0 saturated heterocycles. The molecule has 0 saturated carbocycles. The van der Waals surface area contributed by atoms with E-state index in [1.165, 1.54) is 11.1 Å². The molecule has 0 radical (unpaired) electrons. The number of nitrogens with zero attached hydrogens (tertiary/aromatic N) is 1. The van der Waals surface area contributed by atoms with Crippen molar-refractivity contribution in [1.29, 1.82) is 5.26 Å². The Kier molecular flexibility index (Phi) is 3.27. The molecule has 0 spiro atoms. The first kappa shape index (κ1) is 12.3. The second kappa shape index (κ2) is 5.07. The van der Waals surface area contributed by atoms with Crippen molar-refractivity contribution in [2.75, 3.05) is 11.9 Å². The average Bonchev–Trinajstić information content (AvgIpc) is 2.40. The van der Waals surface area contributed by atoms with Crippen molar-refractivity contribution in [3.8, 4) is 6.07 Å². The SMILES string of the molecule is N#Cc1c(Br)cccc1NCC1Cc2ccccc21. The van der Waals surface area contributed by atoms with Gasteiger partial charge in [0.25, 0.3) is 0 Å². The molecule has 94 valence electrons. The summed E-state index contributed by atoms with van der Waals surface area (Å²) < 4.78 is 0.842. The average molecular weight is 313 g/mol. The van der Waals surface area contributed by atoms with E-state index in [2.05, 4.69) is 51.6 Å². The highest BCUT2D eigenvalue weighted by atomic mass is 79.9. The molecule has 0 fully saturated rings. The summed E-state index contributed by atoms with van der Waals surface area (Å²) in [6.45, 7) is 0.877. The second-order valence-electron chi connectivity index (χ2n) is 4.75. The van der Waals surface area contributed by atoms with Crippen LogP contribution in [0.4, 0.5) is 5.69 Å². The number of fused-ring (bicyclic) bond motifs is 1. The van der Waals surface area contributed by atoms with Gasteiger partial charge in [0.15, 0.2) is 0 Å². The zero-order valence-corrected chi connectivity index (χ0v) is 11.9.